The highest BCUT2D eigenvalue weighted by Gasteiger charge is 2.55. The third kappa shape index (κ3) is 7.47. The van der Waals surface area contributed by atoms with E-state index in [0.29, 0.717) is 44.7 Å². The number of nitrogens with zero attached hydrogens (tertiary/aromatic N) is 4. The van der Waals surface area contributed by atoms with Crippen LogP contribution in [0.2, 0.25) is 0 Å². The van der Waals surface area contributed by atoms with Crippen LogP contribution < -0.4 is 5.32 Å². The molecule has 2 aliphatic heterocycles. The highest BCUT2D eigenvalue weighted by molar-refractivity contribution is 6.00. The number of carbonyl (C=O) groups is 2. The Balaban J connectivity index is 0.00000276. The number of halogens is 5. The molecular formula is C32H46Cl2F3N5O3. The predicted octanol–water partition coefficient (Wildman–Crippen LogP) is 5.75. The number of nitrogens with one attached hydrogen (secondary N) is 1. The van der Waals surface area contributed by atoms with E-state index in [-0.39, 0.29) is 42.5 Å². The van der Waals surface area contributed by atoms with Gasteiger partial charge >= 0.3 is 6.18 Å². The molecule has 13 heteroatoms. The van der Waals surface area contributed by atoms with Crippen LogP contribution in [0.1, 0.15) is 87.2 Å². The van der Waals surface area contributed by atoms with Crippen LogP contribution in [0.25, 0.3) is 5.69 Å². The third-order valence-corrected chi connectivity index (χ3v) is 9.91. The summed E-state index contributed by atoms with van der Waals surface area (Å²) in [6.07, 6.45) is 2.38. The summed E-state index contributed by atoms with van der Waals surface area (Å²) in [5, 5.41) is 18.8. The molecule has 3 aliphatic rings. The summed E-state index contributed by atoms with van der Waals surface area (Å²) in [5.41, 5.74) is 1.58. The van der Waals surface area contributed by atoms with E-state index in [2.05, 4.69) is 22.2 Å². The van der Waals surface area contributed by atoms with Gasteiger partial charge in [-0.05, 0) is 76.1 Å². The summed E-state index contributed by atoms with van der Waals surface area (Å²) in [7, 11) is 0. The molecule has 0 bridgehead atoms. The minimum Gasteiger partial charge on any atom is -0.390 e. The molecule has 2 atom stereocenters. The zero-order valence-corrected chi connectivity index (χ0v) is 27.9. The first-order chi connectivity index (χ1) is 20.5. The normalized spacial score (nSPS) is 21.7. The Bertz CT molecular complexity index is 1310. The van der Waals surface area contributed by atoms with E-state index in [1.165, 1.54) is 12.1 Å². The number of piperazine rings is 1. The molecule has 8 nitrogen and oxygen atoms in total. The molecule has 1 aromatic heterocycles. The third-order valence-electron chi connectivity index (χ3n) is 9.91. The van der Waals surface area contributed by atoms with E-state index in [1.54, 1.807) is 9.58 Å². The lowest BCUT2D eigenvalue weighted by Crippen LogP contribution is -2.75. The number of alkyl halides is 3. The zero-order valence-electron chi connectivity index (χ0n) is 26.2. The number of carbonyl (C=O) groups excluding carboxylic acids is 2. The fraction of sp³-hybridized carbons (Fsp3) is 0.656. The summed E-state index contributed by atoms with van der Waals surface area (Å²) in [6.45, 7) is 8.15. The number of hydrogen-bond acceptors (Lipinski definition) is 5. The van der Waals surface area contributed by atoms with Crippen LogP contribution >= 0.6 is 24.8 Å². The van der Waals surface area contributed by atoms with Gasteiger partial charge in [0.25, 0.3) is 0 Å². The average molecular weight is 677 g/mol. The van der Waals surface area contributed by atoms with E-state index in [0.717, 1.165) is 74.0 Å². The van der Waals surface area contributed by atoms with Crippen LogP contribution in [0.3, 0.4) is 0 Å². The predicted molar refractivity (Wildman–Crippen MR) is 171 cm³/mol. The molecule has 2 N–H and O–H groups in total. The Kier molecular flexibility index (Phi) is 12.4. The van der Waals surface area contributed by atoms with E-state index in [1.807, 2.05) is 13.8 Å². The lowest BCUT2D eigenvalue weighted by molar-refractivity contribution is -0.166. The number of benzene rings is 1. The molecule has 5 rings (SSSR count). The molecule has 2 aromatic rings. The first kappa shape index (κ1) is 37.1. The summed E-state index contributed by atoms with van der Waals surface area (Å²) < 4.78 is 40.8. The molecular weight excluding hydrogens is 630 g/mol. The number of amides is 2. The van der Waals surface area contributed by atoms with Crippen LogP contribution in [0.15, 0.2) is 24.3 Å². The van der Waals surface area contributed by atoms with Crippen molar-refractivity contribution in [2.75, 3.05) is 19.6 Å². The van der Waals surface area contributed by atoms with Crippen molar-refractivity contribution < 1.29 is 27.9 Å². The first-order valence-corrected chi connectivity index (χ1v) is 15.7. The Morgan fingerprint density at radius 1 is 1.04 bits per heavy atom. The van der Waals surface area contributed by atoms with Gasteiger partial charge in [0.2, 0.25) is 11.8 Å². The second-order valence-electron chi connectivity index (χ2n) is 12.6. The van der Waals surface area contributed by atoms with Crippen molar-refractivity contribution in [1.29, 1.82) is 0 Å². The maximum atomic E-state index is 13.9. The molecule has 45 heavy (non-hydrogen) atoms. The van der Waals surface area contributed by atoms with Crippen LogP contribution in [0.4, 0.5) is 13.2 Å². The van der Waals surface area contributed by atoms with Gasteiger partial charge in [0, 0.05) is 37.4 Å². The lowest BCUT2D eigenvalue weighted by atomic mass is 9.78. The molecule has 3 heterocycles. The van der Waals surface area contributed by atoms with Crippen LogP contribution in [0.5, 0.6) is 0 Å². The van der Waals surface area contributed by atoms with Gasteiger partial charge in [0.1, 0.15) is 11.6 Å². The number of aromatic nitrogens is 2. The maximum absolute atomic E-state index is 13.9. The van der Waals surface area contributed by atoms with Gasteiger partial charge in [0.15, 0.2) is 0 Å². The second-order valence-corrected chi connectivity index (χ2v) is 12.6. The summed E-state index contributed by atoms with van der Waals surface area (Å²) in [6, 6.07) is 4.10. The monoisotopic (exact) mass is 675 g/mol. The minimum absolute atomic E-state index is 0. The van der Waals surface area contributed by atoms with Crippen molar-refractivity contribution in [1.82, 2.24) is 24.9 Å². The largest absolute Gasteiger partial charge is 0.416 e. The van der Waals surface area contributed by atoms with Gasteiger partial charge in [-0.25, -0.2) is 4.68 Å². The Morgan fingerprint density at radius 2 is 1.67 bits per heavy atom. The molecule has 1 spiro atoms. The van der Waals surface area contributed by atoms with Crippen molar-refractivity contribution in [2.24, 2.45) is 5.92 Å². The van der Waals surface area contributed by atoms with Gasteiger partial charge in [-0.2, -0.15) is 18.3 Å². The molecule has 1 aliphatic carbocycles. The maximum Gasteiger partial charge on any atom is 0.416 e. The van der Waals surface area contributed by atoms with Crippen molar-refractivity contribution in [3.05, 3.63) is 46.8 Å². The number of likely N-dealkylation sites (tertiary alicyclic amines) is 1. The van der Waals surface area contributed by atoms with Gasteiger partial charge in [-0.15, -0.1) is 24.8 Å². The number of aliphatic hydroxyl groups is 1. The van der Waals surface area contributed by atoms with Crippen molar-refractivity contribution in [2.45, 2.75) is 109 Å². The van der Waals surface area contributed by atoms with Crippen LogP contribution in [0, 0.1) is 19.8 Å². The van der Waals surface area contributed by atoms with Crippen LogP contribution in [-0.4, -0.2) is 73.8 Å². The number of unbranched alkanes of at least 4 members (excludes halogenated alkanes) is 1. The first-order valence-electron chi connectivity index (χ1n) is 15.7. The van der Waals surface area contributed by atoms with E-state index in [9.17, 15) is 27.9 Å². The van der Waals surface area contributed by atoms with E-state index in [4.69, 9.17) is 0 Å². The zero-order chi connectivity index (χ0) is 30.9. The summed E-state index contributed by atoms with van der Waals surface area (Å²) in [4.78, 5) is 31.7. The van der Waals surface area contributed by atoms with Crippen molar-refractivity contribution in [3.8, 4) is 5.69 Å². The number of aliphatic hydroxyl groups excluding tert-OH is 1. The molecule has 1 aromatic carbocycles. The second kappa shape index (κ2) is 15.0. The number of rotatable bonds is 8. The van der Waals surface area contributed by atoms with Crippen molar-refractivity contribution >= 4 is 36.6 Å². The standard InChI is InChI=1S/C32H44F3N5O3.2ClH/c1-4-5-17-39-29(42)27(28(41)23-9-7-6-8-10-23)36-30(43)31(39)15-18-38(19-16-31)20-26-21(2)37-40(22(26)3)25-13-11-24(12-14-25)32(33,34)35;;/h11-14,23,27-28,41H,4-10,15-20H2,1-3H3,(H,36,43);2*1H/t27-,28-;;/m1../s1. The van der Waals surface area contributed by atoms with Crippen molar-refractivity contribution in [3.63, 3.8) is 0 Å². The smallest absolute Gasteiger partial charge is 0.390 e. The van der Waals surface area contributed by atoms with Crippen LogP contribution in [-0.2, 0) is 22.3 Å². The Morgan fingerprint density at radius 3 is 2.24 bits per heavy atom. The average Bonchev–Trinajstić information content (AvgIpc) is 3.28. The fourth-order valence-corrected chi connectivity index (χ4v) is 7.21. The molecule has 3 fully saturated rings. The van der Waals surface area contributed by atoms with Gasteiger partial charge in [0.05, 0.1) is 23.0 Å². The molecule has 0 radical (unpaired) electrons. The summed E-state index contributed by atoms with van der Waals surface area (Å²) >= 11 is 0. The fourth-order valence-electron chi connectivity index (χ4n) is 7.21. The molecule has 252 valence electrons. The summed E-state index contributed by atoms with van der Waals surface area (Å²) in [5.74, 6) is -0.295. The topological polar surface area (TPSA) is 90.7 Å². The Hall–Kier alpha value is -2.34. The Labute approximate surface area is 275 Å². The molecule has 1 saturated carbocycles. The highest BCUT2D eigenvalue weighted by atomic mass is 35.5. The molecule has 2 amide bonds. The quantitative estimate of drug-likeness (QED) is 0.372. The lowest BCUT2D eigenvalue weighted by Gasteiger charge is -2.52. The number of piperidine rings is 1. The number of hydrogen-bond donors (Lipinski definition) is 2. The van der Waals surface area contributed by atoms with Gasteiger partial charge in [-0.3, -0.25) is 14.5 Å². The molecule has 2 saturated heterocycles. The highest BCUT2D eigenvalue weighted by Crippen LogP contribution is 2.37. The minimum atomic E-state index is -4.40. The van der Waals surface area contributed by atoms with E-state index >= 15 is 0 Å². The van der Waals surface area contributed by atoms with Gasteiger partial charge in [-0.1, -0.05) is 32.6 Å². The number of aryl methyl sites for hydroxylation is 1. The van der Waals surface area contributed by atoms with E-state index < -0.39 is 29.4 Å². The SMILES string of the molecule is CCCCN1C(=O)[C@@H]([C@H](O)C2CCCCC2)NC(=O)C12CCN(Cc1c(C)nn(-c3ccc(C(F)(F)F)cc3)c1C)CC2.Cl.Cl. The van der Waals surface area contributed by atoms with Gasteiger partial charge < -0.3 is 15.3 Å². The molecule has 0 unspecified atom stereocenters.